The van der Waals surface area contributed by atoms with Gasteiger partial charge in [0.15, 0.2) is 6.10 Å². The molecular formula is C22H24ClN3O2. The fourth-order valence-electron chi connectivity index (χ4n) is 3.32. The van der Waals surface area contributed by atoms with E-state index in [4.69, 9.17) is 21.6 Å². The van der Waals surface area contributed by atoms with Crippen LogP contribution < -0.4 is 4.74 Å². The van der Waals surface area contributed by atoms with Gasteiger partial charge < -0.3 is 9.64 Å². The minimum absolute atomic E-state index is 0.00942. The smallest absolute Gasteiger partial charge is 0.263 e. The number of carbonyl (C=O) groups is 1. The zero-order valence-electron chi connectivity index (χ0n) is 16.0. The Bertz CT molecular complexity index is 830. The summed E-state index contributed by atoms with van der Waals surface area (Å²) in [6.07, 6.45) is 0.390. The quantitative estimate of drug-likeness (QED) is 0.771. The second-order valence-electron chi connectivity index (χ2n) is 6.98. The van der Waals surface area contributed by atoms with Gasteiger partial charge >= 0.3 is 0 Å². The van der Waals surface area contributed by atoms with Crippen molar-refractivity contribution in [3.8, 4) is 11.8 Å². The number of hydrogen-bond donors (Lipinski definition) is 0. The highest BCUT2D eigenvalue weighted by atomic mass is 35.5. The van der Waals surface area contributed by atoms with Crippen LogP contribution in [-0.2, 0) is 11.3 Å². The number of hydrogen-bond acceptors (Lipinski definition) is 4. The first kappa shape index (κ1) is 20.2. The van der Waals surface area contributed by atoms with Crippen molar-refractivity contribution in [3.05, 3.63) is 64.7 Å². The first-order valence-corrected chi connectivity index (χ1v) is 9.85. The molecule has 1 atom stereocenters. The van der Waals surface area contributed by atoms with Crippen LogP contribution in [0.1, 0.15) is 24.5 Å². The standard InChI is InChI=1S/C22H24ClN3O2/c1-17(28-21-9-7-20(23)8-10-21)22(27)26-12-2-11-25(13-14-26)16-19-5-3-18(15-24)4-6-19/h3-10,17H,2,11-14,16H2,1H3. The van der Waals surface area contributed by atoms with Crippen LogP contribution in [0.25, 0.3) is 0 Å². The fraction of sp³-hybridized carbons (Fsp3) is 0.364. The molecule has 6 heteroatoms. The van der Waals surface area contributed by atoms with E-state index in [2.05, 4.69) is 11.0 Å². The Kier molecular flexibility index (Phi) is 6.91. The van der Waals surface area contributed by atoms with E-state index in [1.54, 1.807) is 31.2 Å². The van der Waals surface area contributed by atoms with Gasteiger partial charge in [0, 0.05) is 37.7 Å². The van der Waals surface area contributed by atoms with Gasteiger partial charge in [0.05, 0.1) is 11.6 Å². The predicted molar refractivity (Wildman–Crippen MR) is 109 cm³/mol. The van der Waals surface area contributed by atoms with E-state index in [0.717, 1.165) is 32.6 Å². The number of carbonyl (C=O) groups excluding carboxylic acids is 1. The van der Waals surface area contributed by atoms with Gasteiger partial charge in [-0.2, -0.15) is 5.26 Å². The number of halogens is 1. The maximum Gasteiger partial charge on any atom is 0.263 e. The minimum Gasteiger partial charge on any atom is -0.481 e. The largest absolute Gasteiger partial charge is 0.481 e. The summed E-state index contributed by atoms with van der Waals surface area (Å²) >= 11 is 5.89. The fourth-order valence-corrected chi connectivity index (χ4v) is 3.44. The topological polar surface area (TPSA) is 56.6 Å². The second-order valence-corrected chi connectivity index (χ2v) is 7.41. The number of ether oxygens (including phenoxy) is 1. The lowest BCUT2D eigenvalue weighted by molar-refractivity contribution is -0.137. The Labute approximate surface area is 171 Å². The number of benzene rings is 2. The van der Waals surface area contributed by atoms with Crippen molar-refractivity contribution in [1.29, 1.82) is 5.26 Å². The summed E-state index contributed by atoms with van der Waals surface area (Å²) in [7, 11) is 0. The van der Waals surface area contributed by atoms with Gasteiger partial charge in [-0.25, -0.2) is 0 Å². The van der Waals surface area contributed by atoms with Gasteiger partial charge in [-0.3, -0.25) is 9.69 Å². The first-order chi connectivity index (χ1) is 13.5. The molecule has 0 radical (unpaired) electrons. The van der Waals surface area contributed by atoms with Gasteiger partial charge in [0.25, 0.3) is 5.91 Å². The van der Waals surface area contributed by atoms with Crippen molar-refractivity contribution in [2.75, 3.05) is 26.2 Å². The zero-order chi connectivity index (χ0) is 19.9. The van der Waals surface area contributed by atoms with Crippen LogP contribution in [0, 0.1) is 11.3 Å². The summed E-state index contributed by atoms with van der Waals surface area (Å²) in [4.78, 5) is 17.0. The number of amides is 1. The summed E-state index contributed by atoms with van der Waals surface area (Å²) in [5.41, 5.74) is 1.85. The third kappa shape index (κ3) is 5.48. The van der Waals surface area contributed by atoms with E-state index in [1.807, 2.05) is 29.2 Å². The van der Waals surface area contributed by atoms with Crippen molar-refractivity contribution < 1.29 is 9.53 Å². The lowest BCUT2D eigenvalue weighted by atomic mass is 10.1. The molecule has 2 aromatic rings. The highest BCUT2D eigenvalue weighted by Gasteiger charge is 2.24. The normalized spacial score (nSPS) is 16.1. The van der Waals surface area contributed by atoms with Gasteiger partial charge in [0.2, 0.25) is 0 Å². The Balaban J connectivity index is 1.52. The van der Waals surface area contributed by atoms with Crippen LogP contribution in [0.4, 0.5) is 0 Å². The van der Waals surface area contributed by atoms with Crippen LogP contribution in [0.15, 0.2) is 48.5 Å². The molecule has 0 aromatic heterocycles. The van der Waals surface area contributed by atoms with Crippen molar-refractivity contribution >= 4 is 17.5 Å². The molecule has 1 unspecified atom stereocenters. The third-order valence-electron chi connectivity index (χ3n) is 4.86. The lowest BCUT2D eigenvalue weighted by Gasteiger charge is -2.25. The maximum absolute atomic E-state index is 12.8. The molecule has 0 N–H and O–H groups in total. The van der Waals surface area contributed by atoms with Gasteiger partial charge in [-0.05, 0) is 55.3 Å². The summed E-state index contributed by atoms with van der Waals surface area (Å²) < 4.78 is 5.78. The van der Waals surface area contributed by atoms with Crippen LogP contribution >= 0.6 is 11.6 Å². The molecule has 3 rings (SSSR count). The third-order valence-corrected chi connectivity index (χ3v) is 5.12. The molecule has 1 saturated heterocycles. The van der Waals surface area contributed by atoms with E-state index in [-0.39, 0.29) is 5.91 Å². The SMILES string of the molecule is CC(Oc1ccc(Cl)cc1)C(=O)N1CCCN(Cc2ccc(C#N)cc2)CC1. The van der Waals surface area contributed by atoms with E-state index < -0.39 is 6.10 Å². The first-order valence-electron chi connectivity index (χ1n) is 9.47. The molecule has 146 valence electrons. The van der Waals surface area contributed by atoms with E-state index >= 15 is 0 Å². The maximum atomic E-state index is 12.8. The average molecular weight is 398 g/mol. The monoisotopic (exact) mass is 397 g/mol. The van der Waals surface area contributed by atoms with Crippen molar-refractivity contribution in [2.24, 2.45) is 0 Å². The van der Waals surface area contributed by atoms with Crippen molar-refractivity contribution in [1.82, 2.24) is 9.80 Å². The van der Waals surface area contributed by atoms with E-state index in [0.29, 0.717) is 22.9 Å². The lowest BCUT2D eigenvalue weighted by Crippen LogP contribution is -2.42. The van der Waals surface area contributed by atoms with Crippen LogP contribution in [0.5, 0.6) is 5.75 Å². The van der Waals surface area contributed by atoms with Crippen molar-refractivity contribution in [2.45, 2.75) is 26.0 Å². The van der Waals surface area contributed by atoms with Gasteiger partial charge in [-0.1, -0.05) is 23.7 Å². The highest BCUT2D eigenvalue weighted by molar-refractivity contribution is 6.30. The molecule has 1 aliphatic heterocycles. The van der Waals surface area contributed by atoms with E-state index in [1.165, 1.54) is 5.56 Å². The molecule has 0 saturated carbocycles. The molecule has 1 amide bonds. The molecule has 0 bridgehead atoms. The Morgan fingerprint density at radius 3 is 2.50 bits per heavy atom. The van der Waals surface area contributed by atoms with Crippen LogP contribution in [0.3, 0.4) is 0 Å². The number of nitrogens with zero attached hydrogens (tertiary/aromatic N) is 3. The molecule has 1 aliphatic rings. The van der Waals surface area contributed by atoms with Crippen molar-refractivity contribution in [3.63, 3.8) is 0 Å². The molecule has 1 heterocycles. The van der Waals surface area contributed by atoms with Gasteiger partial charge in [0.1, 0.15) is 5.75 Å². The zero-order valence-corrected chi connectivity index (χ0v) is 16.7. The van der Waals surface area contributed by atoms with Crippen LogP contribution in [-0.4, -0.2) is 48.0 Å². The Morgan fingerprint density at radius 1 is 1.11 bits per heavy atom. The Hall–Kier alpha value is -2.55. The summed E-state index contributed by atoms with van der Waals surface area (Å²) in [5, 5.41) is 9.54. The molecular weight excluding hydrogens is 374 g/mol. The molecule has 1 fully saturated rings. The molecule has 5 nitrogen and oxygen atoms in total. The average Bonchev–Trinajstić information content (AvgIpc) is 2.95. The van der Waals surface area contributed by atoms with E-state index in [9.17, 15) is 4.79 Å². The number of rotatable bonds is 5. The highest BCUT2D eigenvalue weighted by Crippen LogP contribution is 2.18. The minimum atomic E-state index is -0.536. The predicted octanol–water partition coefficient (Wildman–Crippen LogP) is 3.71. The molecule has 28 heavy (non-hydrogen) atoms. The molecule has 0 aliphatic carbocycles. The molecule has 2 aromatic carbocycles. The molecule has 0 spiro atoms. The van der Waals surface area contributed by atoms with Gasteiger partial charge in [-0.15, -0.1) is 0 Å². The summed E-state index contributed by atoms with van der Waals surface area (Å²) in [5.74, 6) is 0.651. The number of nitriles is 1. The summed E-state index contributed by atoms with van der Waals surface area (Å²) in [6.45, 7) is 5.79. The summed E-state index contributed by atoms with van der Waals surface area (Å²) in [6, 6.07) is 16.9. The second kappa shape index (κ2) is 9.59. The van der Waals surface area contributed by atoms with Crippen LogP contribution in [0.2, 0.25) is 5.02 Å². The Morgan fingerprint density at radius 2 is 1.82 bits per heavy atom.